The molecule has 138 valence electrons. The lowest BCUT2D eigenvalue weighted by atomic mass is 10.2. The van der Waals surface area contributed by atoms with Crippen LogP contribution in [-0.4, -0.2) is 32.1 Å². The summed E-state index contributed by atoms with van der Waals surface area (Å²) in [6.07, 6.45) is -3.52. The van der Waals surface area contributed by atoms with Crippen LogP contribution in [0, 0.1) is 11.8 Å². The van der Waals surface area contributed by atoms with E-state index in [4.69, 9.17) is 16.3 Å². The molecule has 1 aliphatic carbocycles. The van der Waals surface area contributed by atoms with Crippen LogP contribution in [-0.2, 0) is 20.5 Å². The third kappa shape index (κ3) is 5.34. The number of carbonyl (C=O) groups excluding carboxylic acids is 2. The Morgan fingerprint density at radius 2 is 1.96 bits per heavy atom. The molecule has 9 heteroatoms. The topological polar surface area (TPSA) is 67.4 Å². The van der Waals surface area contributed by atoms with Gasteiger partial charge >= 0.3 is 6.18 Å². The summed E-state index contributed by atoms with van der Waals surface area (Å²) in [7, 11) is 1.56. The van der Waals surface area contributed by atoms with Gasteiger partial charge in [-0.1, -0.05) is 11.6 Å². The molecule has 5 nitrogen and oxygen atoms in total. The fraction of sp³-hybridized carbons (Fsp3) is 0.500. The highest BCUT2D eigenvalue weighted by Gasteiger charge is 2.48. The van der Waals surface area contributed by atoms with Gasteiger partial charge in [0.25, 0.3) is 0 Å². The molecule has 0 spiro atoms. The lowest BCUT2D eigenvalue weighted by Gasteiger charge is -2.11. The van der Waals surface area contributed by atoms with Crippen molar-refractivity contribution in [1.29, 1.82) is 0 Å². The van der Waals surface area contributed by atoms with Crippen LogP contribution in [0.1, 0.15) is 18.4 Å². The third-order valence-corrected chi connectivity index (χ3v) is 4.17. The van der Waals surface area contributed by atoms with Crippen LogP contribution in [0.2, 0.25) is 5.02 Å². The zero-order valence-electron chi connectivity index (χ0n) is 13.5. The van der Waals surface area contributed by atoms with E-state index in [1.54, 1.807) is 7.11 Å². The van der Waals surface area contributed by atoms with Crippen LogP contribution in [0.5, 0.6) is 0 Å². The summed E-state index contributed by atoms with van der Waals surface area (Å²) in [5, 5.41) is 5.07. The van der Waals surface area contributed by atoms with Gasteiger partial charge in [-0.05, 0) is 31.0 Å². The molecule has 1 fully saturated rings. The number of amides is 2. The van der Waals surface area contributed by atoms with Crippen molar-refractivity contribution in [2.45, 2.75) is 19.0 Å². The first-order chi connectivity index (χ1) is 11.7. The monoisotopic (exact) mass is 378 g/mol. The molecular weight excluding hydrogens is 361 g/mol. The van der Waals surface area contributed by atoms with Gasteiger partial charge < -0.3 is 15.4 Å². The number of benzene rings is 1. The Balaban J connectivity index is 1.90. The van der Waals surface area contributed by atoms with Crippen LogP contribution in [0.25, 0.3) is 0 Å². The van der Waals surface area contributed by atoms with Crippen molar-refractivity contribution < 1.29 is 27.5 Å². The van der Waals surface area contributed by atoms with E-state index < -0.39 is 29.5 Å². The number of hydrogen-bond acceptors (Lipinski definition) is 3. The summed E-state index contributed by atoms with van der Waals surface area (Å²) in [5.74, 6) is -1.79. The molecule has 1 aliphatic rings. The Hall–Kier alpha value is -1.80. The van der Waals surface area contributed by atoms with Crippen molar-refractivity contribution in [2.24, 2.45) is 11.8 Å². The summed E-state index contributed by atoms with van der Waals surface area (Å²) in [6.45, 7) is 0.958. The first-order valence-corrected chi connectivity index (χ1v) is 8.06. The smallest absolute Gasteiger partial charge is 0.385 e. The highest BCUT2D eigenvalue weighted by atomic mass is 35.5. The van der Waals surface area contributed by atoms with Crippen LogP contribution in [0.15, 0.2) is 18.2 Å². The number of anilines is 1. The van der Waals surface area contributed by atoms with Gasteiger partial charge in [-0.25, -0.2) is 0 Å². The van der Waals surface area contributed by atoms with E-state index in [-0.39, 0.29) is 16.6 Å². The molecule has 1 saturated carbocycles. The zero-order chi connectivity index (χ0) is 18.6. The first-order valence-electron chi connectivity index (χ1n) is 7.68. The van der Waals surface area contributed by atoms with Gasteiger partial charge in [0.15, 0.2) is 0 Å². The maximum Gasteiger partial charge on any atom is 0.416 e. The van der Waals surface area contributed by atoms with Gasteiger partial charge in [0.1, 0.15) is 0 Å². The summed E-state index contributed by atoms with van der Waals surface area (Å²) in [5.41, 5.74) is -1.02. The Morgan fingerprint density at radius 3 is 2.60 bits per heavy atom. The minimum atomic E-state index is -4.53. The van der Waals surface area contributed by atoms with Crippen molar-refractivity contribution in [3.63, 3.8) is 0 Å². The molecule has 0 saturated heterocycles. The van der Waals surface area contributed by atoms with Crippen molar-refractivity contribution in [1.82, 2.24) is 5.32 Å². The zero-order valence-corrected chi connectivity index (χ0v) is 14.2. The van der Waals surface area contributed by atoms with Crippen molar-refractivity contribution in [2.75, 3.05) is 25.6 Å². The van der Waals surface area contributed by atoms with E-state index in [9.17, 15) is 22.8 Å². The van der Waals surface area contributed by atoms with Gasteiger partial charge in [-0.3, -0.25) is 9.59 Å². The lowest BCUT2D eigenvalue weighted by molar-refractivity contribution is -0.137. The van der Waals surface area contributed by atoms with E-state index in [1.165, 1.54) is 0 Å². The molecule has 25 heavy (non-hydrogen) atoms. The number of nitrogens with one attached hydrogen (secondary N) is 2. The van der Waals surface area contributed by atoms with E-state index in [2.05, 4.69) is 10.6 Å². The Morgan fingerprint density at radius 1 is 1.28 bits per heavy atom. The molecule has 0 radical (unpaired) electrons. The largest absolute Gasteiger partial charge is 0.416 e. The third-order valence-electron chi connectivity index (χ3n) is 3.84. The molecule has 2 N–H and O–H groups in total. The van der Waals surface area contributed by atoms with Gasteiger partial charge in [-0.15, -0.1) is 0 Å². The van der Waals surface area contributed by atoms with E-state index in [0.717, 1.165) is 18.2 Å². The standard InChI is InChI=1S/C16H18ClF3N2O3/c1-25-6-2-5-21-14(23)10-8-11(10)15(24)22-13-7-9(16(18,19)20)3-4-12(13)17/h3-4,7,10-11H,2,5-6,8H2,1H3,(H,21,23)(H,22,24). The maximum absolute atomic E-state index is 12.7. The predicted molar refractivity (Wildman–Crippen MR) is 86.2 cm³/mol. The Kier molecular flexibility index (Phi) is 6.29. The molecule has 1 aromatic carbocycles. The van der Waals surface area contributed by atoms with E-state index in [1.807, 2.05) is 0 Å². The second-order valence-corrected chi connectivity index (χ2v) is 6.17. The van der Waals surface area contributed by atoms with Crippen LogP contribution >= 0.6 is 11.6 Å². The first kappa shape index (κ1) is 19.5. The molecule has 0 aromatic heterocycles. The summed E-state index contributed by atoms with van der Waals surface area (Å²) >= 11 is 5.84. The van der Waals surface area contributed by atoms with Crippen molar-refractivity contribution in [3.05, 3.63) is 28.8 Å². The Labute approximate surface area is 147 Å². The number of carbonyl (C=O) groups is 2. The van der Waals surface area contributed by atoms with Crippen LogP contribution in [0.3, 0.4) is 0 Å². The van der Waals surface area contributed by atoms with Gasteiger partial charge in [-0.2, -0.15) is 13.2 Å². The average molecular weight is 379 g/mol. The number of halogens is 4. The minimum Gasteiger partial charge on any atom is -0.385 e. The average Bonchev–Trinajstić information content (AvgIpc) is 3.33. The predicted octanol–water partition coefficient (Wildman–Crippen LogP) is 3.09. The second-order valence-electron chi connectivity index (χ2n) is 5.77. The lowest BCUT2D eigenvalue weighted by Crippen LogP contribution is -2.28. The normalized spacial score (nSPS) is 19.4. The molecule has 0 bridgehead atoms. The number of hydrogen-bond donors (Lipinski definition) is 2. The number of methoxy groups -OCH3 is 1. The minimum absolute atomic E-state index is 0.00238. The van der Waals surface area contributed by atoms with Crippen LogP contribution in [0.4, 0.5) is 18.9 Å². The molecule has 0 heterocycles. The molecule has 0 aliphatic heterocycles. The molecule has 2 atom stereocenters. The number of alkyl halides is 3. The van der Waals surface area contributed by atoms with Crippen molar-refractivity contribution in [3.8, 4) is 0 Å². The molecule has 2 rings (SSSR count). The number of rotatable bonds is 7. The molecule has 2 amide bonds. The Bertz CT molecular complexity index is 652. The van der Waals surface area contributed by atoms with Gasteiger partial charge in [0, 0.05) is 20.3 Å². The number of ether oxygens (including phenoxy) is 1. The van der Waals surface area contributed by atoms with E-state index in [0.29, 0.717) is 26.0 Å². The van der Waals surface area contributed by atoms with Crippen molar-refractivity contribution >= 4 is 29.1 Å². The summed E-state index contributed by atoms with van der Waals surface area (Å²) in [6, 6.07) is 2.70. The summed E-state index contributed by atoms with van der Waals surface area (Å²) in [4.78, 5) is 24.0. The fourth-order valence-corrected chi connectivity index (χ4v) is 2.52. The van der Waals surface area contributed by atoms with E-state index >= 15 is 0 Å². The second kappa shape index (κ2) is 8.05. The molecule has 1 aromatic rings. The maximum atomic E-state index is 12.7. The fourth-order valence-electron chi connectivity index (χ4n) is 2.36. The quantitative estimate of drug-likeness (QED) is 0.716. The highest BCUT2D eigenvalue weighted by molar-refractivity contribution is 6.33. The SMILES string of the molecule is COCCCNC(=O)C1CC1C(=O)Nc1cc(C(F)(F)F)ccc1Cl. The highest BCUT2D eigenvalue weighted by Crippen LogP contribution is 2.40. The van der Waals surface area contributed by atoms with Gasteiger partial charge in [0.2, 0.25) is 11.8 Å². The summed E-state index contributed by atoms with van der Waals surface area (Å²) < 4.78 is 43.1. The molecular formula is C16H18ClF3N2O3. The van der Waals surface area contributed by atoms with Gasteiger partial charge in [0.05, 0.1) is 28.1 Å². The molecule has 2 unspecified atom stereocenters. The van der Waals surface area contributed by atoms with Crippen LogP contribution < -0.4 is 10.6 Å².